The van der Waals surface area contributed by atoms with Crippen LogP contribution in [0.5, 0.6) is 0 Å². The number of nitrogens with zero attached hydrogens (tertiary/aromatic N) is 4. The molecule has 0 unspecified atom stereocenters. The van der Waals surface area contributed by atoms with E-state index in [9.17, 15) is 10.1 Å². The van der Waals surface area contributed by atoms with Gasteiger partial charge < -0.3 is 20.1 Å². The summed E-state index contributed by atoms with van der Waals surface area (Å²) in [6, 6.07) is 28.7. The molecule has 1 fully saturated rings. The molecular weight excluding hydrogens is 476 g/mol. The Morgan fingerprint density at radius 3 is 2.11 bits per heavy atom. The number of nitrogens with one attached hydrogen (secondary N) is 2. The molecule has 0 spiro atoms. The third-order valence-corrected chi connectivity index (χ3v) is 6.90. The van der Waals surface area contributed by atoms with Crippen LogP contribution >= 0.6 is 0 Å². The lowest BCUT2D eigenvalue weighted by molar-refractivity contribution is 0.212. The standard InChI is InChI=1S/C30H30N6O2/c1-21-28(22(2)38-34-21)33-30(37)32-26-13-14-27(25(19-26)20-31)35-15-17-36(18-16-35)29(23-9-5-3-6-10-23)24-11-7-4-8-12-24/h3-14,19,29H,15-18H2,1-2H3,(H2,32,33,37). The van der Waals surface area contributed by atoms with Gasteiger partial charge in [0.1, 0.15) is 17.5 Å². The third kappa shape index (κ3) is 5.38. The predicted octanol–water partition coefficient (Wildman–Crippen LogP) is 5.72. The van der Waals surface area contributed by atoms with E-state index in [1.165, 1.54) is 11.1 Å². The molecule has 1 aliphatic rings. The number of urea groups is 1. The first-order valence-electron chi connectivity index (χ1n) is 12.7. The average Bonchev–Trinajstić information content (AvgIpc) is 3.27. The Morgan fingerprint density at radius 2 is 1.55 bits per heavy atom. The first-order chi connectivity index (χ1) is 18.5. The van der Waals surface area contributed by atoms with Crippen LogP contribution in [0.2, 0.25) is 0 Å². The summed E-state index contributed by atoms with van der Waals surface area (Å²) in [5, 5.41) is 19.3. The summed E-state index contributed by atoms with van der Waals surface area (Å²) in [5.41, 5.74) is 5.64. The SMILES string of the molecule is Cc1noc(C)c1NC(=O)Nc1ccc(N2CCN(C(c3ccccc3)c3ccccc3)CC2)c(C#N)c1. The van der Waals surface area contributed by atoms with Crippen molar-refractivity contribution in [3.8, 4) is 6.07 Å². The number of carbonyl (C=O) groups is 1. The van der Waals surface area contributed by atoms with Gasteiger partial charge in [-0.1, -0.05) is 65.8 Å². The molecule has 0 radical (unpaired) electrons. The fourth-order valence-electron chi connectivity index (χ4n) is 5.02. The van der Waals surface area contributed by atoms with Crippen LogP contribution in [0.25, 0.3) is 0 Å². The van der Waals surface area contributed by atoms with Gasteiger partial charge in [-0.15, -0.1) is 0 Å². The summed E-state index contributed by atoms with van der Waals surface area (Å²) in [4.78, 5) is 17.3. The fraction of sp³-hybridized carbons (Fsp3) is 0.233. The van der Waals surface area contributed by atoms with Crippen molar-refractivity contribution in [2.45, 2.75) is 19.9 Å². The highest BCUT2D eigenvalue weighted by atomic mass is 16.5. The number of nitriles is 1. The maximum Gasteiger partial charge on any atom is 0.323 e. The molecule has 4 aromatic rings. The van der Waals surface area contributed by atoms with E-state index in [-0.39, 0.29) is 6.04 Å². The monoisotopic (exact) mass is 506 g/mol. The number of anilines is 3. The van der Waals surface area contributed by atoms with Crippen LogP contribution in [0.4, 0.5) is 21.9 Å². The zero-order valence-electron chi connectivity index (χ0n) is 21.5. The van der Waals surface area contributed by atoms with Gasteiger partial charge in [0.15, 0.2) is 5.76 Å². The molecule has 8 nitrogen and oxygen atoms in total. The van der Waals surface area contributed by atoms with Crippen molar-refractivity contribution in [3.05, 3.63) is 107 Å². The average molecular weight is 507 g/mol. The number of piperazine rings is 1. The molecule has 5 rings (SSSR count). The molecule has 2 heterocycles. The zero-order chi connectivity index (χ0) is 26.5. The highest BCUT2D eigenvalue weighted by molar-refractivity contribution is 6.00. The Bertz CT molecular complexity index is 1380. The summed E-state index contributed by atoms with van der Waals surface area (Å²) in [5.74, 6) is 0.534. The van der Waals surface area contributed by atoms with Gasteiger partial charge in [-0.05, 0) is 43.2 Å². The molecule has 0 atom stereocenters. The highest BCUT2D eigenvalue weighted by Gasteiger charge is 2.27. The first-order valence-corrected chi connectivity index (χ1v) is 12.7. The Morgan fingerprint density at radius 1 is 0.921 bits per heavy atom. The van der Waals surface area contributed by atoms with Gasteiger partial charge in [-0.3, -0.25) is 4.90 Å². The van der Waals surface area contributed by atoms with Crippen molar-refractivity contribution < 1.29 is 9.32 Å². The maximum absolute atomic E-state index is 12.5. The second-order valence-electron chi connectivity index (χ2n) is 9.37. The van der Waals surface area contributed by atoms with Crippen LogP contribution in [0.3, 0.4) is 0 Å². The Balaban J connectivity index is 1.28. The van der Waals surface area contributed by atoms with Gasteiger partial charge in [0.05, 0.1) is 17.3 Å². The fourth-order valence-corrected chi connectivity index (χ4v) is 5.02. The van der Waals surface area contributed by atoms with Crippen molar-refractivity contribution in [3.63, 3.8) is 0 Å². The van der Waals surface area contributed by atoms with Gasteiger partial charge in [-0.2, -0.15) is 5.26 Å². The smallest absolute Gasteiger partial charge is 0.323 e. The maximum atomic E-state index is 12.5. The number of rotatable bonds is 6. The van der Waals surface area contributed by atoms with Gasteiger partial charge in [-0.25, -0.2) is 4.79 Å². The van der Waals surface area contributed by atoms with Crippen LogP contribution in [0.1, 0.15) is 34.2 Å². The lowest BCUT2D eigenvalue weighted by Crippen LogP contribution is -2.48. The van der Waals surface area contributed by atoms with Crippen LogP contribution in [-0.4, -0.2) is 42.3 Å². The Kier molecular flexibility index (Phi) is 7.38. The number of hydrogen-bond acceptors (Lipinski definition) is 6. The van der Waals surface area contributed by atoms with Crippen LogP contribution in [-0.2, 0) is 0 Å². The summed E-state index contributed by atoms with van der Waals surface area (Å²) in [7, 11) is 0. The van der Waals surface area contributed by atoms with Crippen molar-refractivity contribution in [1.29, 1.82) is 5.26 Å². The van der Waals surface area contributed by atoms with Crippen LogP contribution in [0, 0.1) is 25.2 Å². The number of hydrogen-bond donors (Lipinski definition) is 2. The molecule has 8 heteroatoms. The minimum Gasteiger partial charge on any atom is -0.368 e. The quantitative estimate of drug-likeness (QED) is 0.347. The first kappa shape index (κ1) is 25.1. The number of aromatic nitrogens is 1. The number of benzene rings is 3. The molecule has 1 aromatic heterocycles. The van der Waals surface area contributed by atoms with Gasteiger partial charge in [0.25, 0.3) is 0 Å². The van der Waals surface area contributed by atoms with E-state index in [0.717, 1.165) is 31.9 Å². The third-order valence-electron chi connectivity index (χ3n) is 6.90. The van der Waals surface area contributed by atoms with Crippen molar-refractivity contribution in [2.75, 3.05) is 41.7 Å². The molecule has 192 valence electrons. The van der Waals surface area contributed by atoms with E-state index in [0.29, 0.717) is 28.4 Å². The minimum absolute atomic E-state index is 0.178. The molecule has 1 saturated heterocycles. The molecule has 2 N–H and O–H groups in total. The summed E-state index contributed by atoms with van der Waals surface area (Å²) < 4.78 is 5.09. The normalized spacial score (nSPS) is 13.8. The molecule has 38 heavy (non-hydrogen) atoms. The second kappa shape index (κ2) is 11.2. The Labute approximate surface area is 222 Å². The lowest BCUT2D eigenvalue weighted by atomic mass is 9.96. The van der Waals surface area contributed by atoms with Crippen LogP contribution in [0.15, 0.2) is 83.4 Å². The van der Waals surface area contributed by atoms with E-state index in [1.807, 2.05) is 24.3 Å². The van der Waals surface area contributed by atoms with Gasteiger partial charge in [0.2, 0.25) is 0 Å². The topological polar surface area (TPSA) is 97.4 Å². The Hall–Kier alpha value is -4.61. The highest BCUT2D eigenvalue weighted by Crippen LogP contribution is 2.31. The van der Waals surface area contributed by atoms with Crippen LogP contribution < -0.4 is 15.5 Å². The van der Waals surface area contributed by atoms with E-state index < -0.39 is 6.03 Å². The molecule has 1 aliphatic heterocycles. The lowest BCUT2D eigenvalue weighted by Gasteiger charge is -2.41. The van der Waals surface area contributed by atoms with E-state index in [4.69, 9.17) is 4.52 Å². The summed E-state index contributed by atoms with van der Waals surface area (Å²) >= 11 is 0. The summed E-state index contributed by atoms with van der Waals surface area (Å²) in [6.07, 6.45) is 0. The number of amides is 2. The molecular formula is C30H30N6O2. The van der Waals surface area contributed by atoms with Crippen molar-refractivity contribution >= 4 is 23.1 Å². The molecule has 0 saturated carbocycles. The molecule has 3 aromatic carbocycles. The molecule has 0 bridgehead atoms. The largest absolute Gasteiger partial charge is 0.368 e. The second-order valence-corrected chi connectivity index (χ2v) is 9.37. The van der Waals surface area contributed by atoms with E-state index >= 15 is 0 Å². The van der Waals surface area contributed by atoms with Crippen molar-refractivity contribution in [2.24, 2.45) is 0 Å². The van der Waals surface area contributed by atoms with E-state index in [1.54, 1.807) is 19.9 Å². The summed E-state index contributed by atoms with van der Waals surface area (Å²) in [6.45, 7) is 6.81. The van der Waals surface area contributed by atoms with Crippen molar-refractivity contribution in [1.82, 2.24) is 10.1 Å². The van der Waals surface area contributed by atoms with Gasteiger partial charge in [0, 0.05) is 31.9 Å². The number of aryl methyl sites for hydroxylation is 2. The van der Waals surface area contributed by atoms with E-state index in [2.05, 4.69) is 80.2 Å². The molecule has 2 amide bonds. The molecule has 0 aliphatic carbocycles. The minimum atomic E-state index is -0.419. The van der Waals surface area contributed by atoms with Gasteiger partial charge >= 0.3 is 6.03 Å². The number of carbonyl (C=O) groups excluding carboxylic acids is 1. The predicted molar refractivity (Wildman–Crippen MR) is 148 cm³/mol. The zero-order valence-corrected chi connectivity index (χ0v) is 21.5.